The van der Waals surface area contributed by atoms with Crippen molar-refractivity contribution in [3.05, 3.63) is 34.4 Å². The number of fused-ring (bicyclic) bond motifs is 1. The van der Waals surface area contributed by atoms with Crippen molar-refractivity contribution in [3.63, 3.8) is 0 Å². The zero-order valence-corrected chi connectivity index (χ0v) is 11.7. The van der Waals surface area contributed by atoms with Crippen LogP contribution in [-0.2, 0) is 0 Å². The van der Waals surface area contributed by atoms with Crippen LogP contribution in [0.5, 0.6) is 0 Å². The first-order valence-electron chi connectivity index (χ1n) is 5.46. The molecule has 1 aromatic heterocycles. The molecule has 0 aliphatic heterocycles. The number of H-pyrrole nitrogens is 1. The lowest BCUT2D eigenvalue weighted by molar-refractivity contribution is 0.0920. The van der Waals surface area contributed by atoms with Crippen molar-refractivity contribution in [1.29, 1.82) is 0 Å². The summed E-state index contributed by atoms with van der Waals surface area (Å²) in [6.45, 7) is 5.90. The summed E-state index contributed by atoms with van der Waals surface area (Å²) < 4.78 is 0.811. The van der Waals surface area contributed by atoms with Gasteiger partial charge in [-0.2, -0.15) is 0 Å². The lowest BCUT2D eigenvalue weighted by Crippen LogP contribution is -2.40. The highest BCUT2D eigenvalue weighted by Crippen LogP contribution is 2.26. The maximum absolute atomic E-state index is 12.2. The molecular formula is C13H15BrN2O. The first-order chi connectivity index (χ1) is 7.88. The maximum atomic E-state index is 12.2. The molecule has 1 amide bonds. The first-order valence-corrected chi connectivity index (χ1v) is 6.26. The predicted molar refractivity (Wildman–Crippen MR) is 73.2 cm³/mol. The summed E-state index contributed by atoms with van der Waals surface area (Å²) in [5.74, 6) is -0.0606. The van der Waals surface area contributed by atoms with Crippen LogP contribution in [-0.4, -0.2) is 16.4 Å². The molecule has 0 unspecified atom stereocenters. The summed E-state index contributed by atoms with van der Waals surface area (Å²) in [4.78, 5) is 15.3. The minimum Gasteiger partial charge on any atom is -0.361 e. The molecule has 0 aliphatic carbocycles. The molecule has 0 radical (unpaired) electrons. The van der Waals surface area contributed by atoms with Gasteiger partial charge in [0.15, 0.2) is 0 Å². The van der Waals surface area contributed by atoms with Gasteiger partial charge in [-0.15, -0.1) is 0 Å². The fraction of sp³-hybridized carbons (Fsp3) is 0.308. The summed E-state index contributed by atoms with van der Waals surface area (Å²) in [5.41, 5.74) is 1.40. The fourth-order valence-electron chi connectivity index (χ4n) is 1.74. The second-order valence-corrected chi connectivity index (χ2v) is 5.92. The molecule has 0 saturated heterocycles. The van der Waals surface area contributed by atoms with Crippen molar-refractivity contribution in [2.75, 3.05) is 0 Å². The highest BCUT2D eigenvalue weighted by Gasteiger charge is 2.19. The predicted octanol–water partition coefficient (Wildman–Crippen LogP) is 3.46. The van der Waals surface area contributed by atoms with Gasteiger partial charge in [-0.25, -0.2) is 0 Å². The molecule has 0 fully saturated rings. The lowest BCUT2D eigenvalue weighted by Gasteiger charge is -2.21. The van der Waals surface area contributed by atoms with Crippen molar-refractivity contribution in [3.8, 4) is 0 Å². The summed E-state index contributed by atoms with van der Waals surface area (Å²) in [6, 6.07) is 5.75. The molecule has 0 saturated carbocycles. The number of aromatic amines is 1. The van der Waals surface area contributed by atoms with E-state index in [-0.39, 0.29) is 11.4 Å². The van der Waals surface area contributed by atoms with Crippen LogP contribution in [0.25, 0.3) is 10.9 Å². The van der Waals surface area contributed by atoms with Crippen LogP contribution in [0.1, 0.15) is 31.1 Å². The monoisotopic (exact) mass is 294 g/mol. The zero-order valence-electron chi connectivity index (χ0n) is 10.1. The Morgan fingerprint density at radius 2 is 2.00 bits per heavy atom. The minimum atomic E-state index is -0.241. The molecule has 2 N–H and O–H groups in total. The molecule has 90 valence electrons. The molecule has 0 bridgehead atoms. The number of rotatable bonds is 1. The van der Waals surface area contributed by atoms with Crippen molar-refractivity contribution in [2.45, 2.75) is 26.3 Å². The Bertz CT molecular complexity index is 566. The third-order valence-electron chi connectivity index (χ3n) is 2.40. The normalized spacial score (nSPS) is 11.8. The van der Waals surface area contributed by atoms with E-state index in [0.29, 0.717) is 5.56 Å². The molecule has 2 aromatic rings. The molecule has 0 spiro atoms. The van der Waals surface area contributed by atoms with Gasteiger partial charge in [0.05, 0.1) is 5.56 Å². The molecule has 2 rings (SSSR count). The highest BCUT2D eigenvalue weighted by atomic mass is 79.9. The zero-order chi connectivity index (χ0) is 12.6. The number of aromatic nitrogens is 1. The molecule has 4 heteroatoms. The summed E-state index contributed by atoms with van der Waals surface area (Å²) in [6.07, 6.45) is 1.84. The van der Waals surface area contributed by atoms with Crippen molar-refractivity contribution in [2.24, 2.45) is 0 Å². The average molecular weight is 295 g/mol. The van der Waals surface area contributed by atoms with Gasteiger partial charge in [0.2, 0.25) is 0 Å². The van der Waals surface area contributed by atoms with Gasteiger partial charge >= 0.3 is 0 Å². The van der Waals surface area contributed by atoms with Crippen molar-refractivity contribution < 1.29 is 4.79 Å². The van der Waals surface area contributed by atoms with E-state index < -0.39 is 0 Å². The fourth-order valence-corrected chi connectivity index (χ4v) is 2.27. The van der Waals surface area contributed by atoms with Gasteiger partial charge in [0.1, 0.15) is 0 Å². The van der Waals surface area contributed by atoms with Crippen LogP contribution in [0.3, 0.4) is 0 Å². The number of hydrogen-bond donors (Lipinski definition) is 2. The molecule has 0 atom stereocenters. The van der Waals surface area contributed by atoms with Gasteiger partial charge < -0.3 is 10.3 Å². The van der Waals surface area contributed by atoms with Gasteiger partial charge in [-0.3, -0.25) is 4.79 Å². The Kier molecular flexibility index (Phi) is 3.00. The Balaban J connectivity index is 2.50. The summed E-state index contributed by atoms with van der Waals surface area (Å²) in [7, 11) is 0. The molecule has 1 heterocycles. The number of nitrogens with one attached hydrogen (secondary N) is 2. The van der Waals surface area contributed by atoms with Gasteiger partial charge in [-0.1, -0.05) is 0 Å². The van der Waals surface area contributed by atoms with E-state index in [1.807, 2.05) is 45.2 Å². The standard InChI is InChI=1S/C13H15BrN2O/c1-13(2,3)16-12(17)11-8-6-7-15-10(8)5-4-9(11)14/h4-7,15H,1-3H3,(H,16,17). The number of amides is 1. The van der Waals surface area contributed by atoms with Crippen molar-refractivity contribution >= 4 is 32.7 Å². The Labute approximate surface area is 109 Å². The maximum Gasteiger partial charge on any atom is 0.253 e. The second-order valence-electron chi connectivity index (χ2n) is 5.07. The minimum absolute atomic E-state index is 0.0606. The van der Waals surface area contributed by atoms with Crippen LogP contribution in [0, 0.1) is 0 Å². The van der Waals surface area contributed by atoms with Gasteiger partial charge in [-0.05, 0) is 54.9 Å². The molecule has 0 aliphatic rings. The van der Waals surface area contributed by atoms with E-state index in [0.717, 1.165) is 15.4 Å². The van der Waals surface area contributed by atoms with Crippen LogP contribution < -0.4 is 5.32 Å². The van der Waals surface area contributed by atoms with E-state index >= 15 is 0 Å². The van der Waals surface area contributed by atoms with E-state index in [1.54, 1.807) is 0 Å². The van der Waals surface area contributed by atoms with E-state index in [2.05, 4.69) is 26.2 Å². The topological polar surface area (TPSA) is 44.9 Å². The average Bonchev–Trinajstić information content (AvgIpc) is 2.61. The van der Waals surface area contributed by atoms with Gasteiger partial charge in [0.25, 0.3) is 5.91 Å². The van der Waals surface area contributed by atoms with E-state index in [4.69, 9.17) is 0 Å². The quantitative estimate of drug-likeness (QED) is 0.831. The van der Waals surface area contributed by atoms with Crippen LogP contribution in [0.2, 0.25) is 0 Å². The Hall–Kier alpha value is -1.29. The molecule has 1 aromatic carbocycles. The largest absolute Gasteiger partial charge is 0.361 e. The van der Waals surface area contributed by atoms with Crippen molar-refractivity contribution in [1.82, 2.24) is 10.3 Å². The van der Waals surface area contributed by atoms with Crippen LogP contribution in [0.15, 0.2) is 28.9 Å². The Morgan fingerprint density at radius 3 is 2.65 bits per heavy atom. The number of carbonyl (C=O) groups is 1. The number of hydrogen-bond acceptors (Lipinski definition) is 1. The number of carbonyl (C=O) groups excluding carboxylic acids is 1. The third-order valence-corrected chi connectivity index (χ3v) is 3.06. The summed E-state index contributed by atoms with van der Waals surface area (Å²) in [5, 5.41) is 3.91. The lowest BCUT2D eigenvalue weighted by atomic mass is 10.1. The van der Waals surface area contributed by atoms with Gasteiger partial charge in [0, 0.05) is 27.1 Å². The highest BCUT2D eigenvalue weighted by molar-refractivity contribution is 9.10. The second kappa shape index (κ2) is 4.18. The van der Waals surface area contributed by atoms with Crippen LogP contribution >= 0.6 is 15.9 Å². The van der Waals surface area contributed by atoms with E-state index in [9.17, 15) is 4.79 Å². The SMILES string of the molecule is CC(C)(C)NC(=O)c1c(Br)ccc2[nH]ccc12. The third kappa shape index (κ3) is 2.52. The smallest absolute Gasteiger partial charge is 0.253 e. The molecule has 3 nitrogen and oxygen atoms in total. The molecule has 17 heavy (non-hydrogen) atoms. The first kappa shape index (κ1) is 12.2. The Morgan fingerprint density at radius 1 is 1.29 bits per heavy atom. The summed E-state index contributed by atoms with van der Waals surface area (Å²) >= 11 is 3.44. The number of benzene rings is 1. The van der Waals surface area contributed by atoms with E-state index in [1.165, 1.54) is 0 Å². The van der Waals surface area contributed by atoms with Crippen LogP contribution in [0.4, 0.5) is 0 Å². The molecular weight excluding hydrogens is 280 g/mol. The number of halogens is 1.